The molecule has 58 valence electrons. The summed E-state index contributed by atoms with van der Waals surface area (Å²) in [4.78, 5) is 12.5. The molecule has 2 atom stereocenters. The van der Waals surface area contributed by atoms with E-state index < -0.39 is 0 Å². The molecule has 0 spiro atoms. The van der Waals surface area contributed by atoms with Gasteiger partial charge >= 0.3 is 0 Å². The summed E-state index contributed by atoms with van der Waals surface area (Å²) in [7, 11) is 2.05. The van der Waals surface area contributed by atoms with Gasteiger partial charge in [0.15, 0.2) is 0 Å². The maximum atomic E-state index is 10.3. The first-order valence-corrected chi connectivity index (χ1v) is 3.63. The third-order valence-corrected chi connectivity index (χ3v) is 2.13. The minimum Gasteiger partial charge on any atom is -0.321 e. The van der Waals surface area contributed by atoms with E-state index in [4.69, 9.17) is 5.73 Å². The fourth-order valence-electron chi connectivity index (χ4n) is 1.39. The van der Waals surface area contributed by atoms with Crippen LogP contribution in [0.4, 0.5) is 0 Å². The van der Waals surface area contributed by atoms with Gasteiger partial charge in [-0.2, -0.15) is 0 Å². The first kappa shape index (κ1) is 7.69. The highest BCUT2D eigenvalue weighted by Gasteiger charge is 2.24. The quantitative estimate of drug-likeness (QED) is 0.527. The molecule has 2 N–H and O–H groups in total. The van der Waals surface area contributed by atoms with Crippen molar-refractivity contribution in [3.8, 4) is 0 Å². The summed E-state index contributed by atoms with van der Waals surface area (Å²) in [5.41, 5.74) is 5.55. The van der Waals surface area contributed by atoms with Crippen LogP contribution in [0.2, 0.25) is 0 Å². The highest BCUT2D eigenvalue weighted by atomic mass is 16.1. The summed E-state index contributed by atoms with van der Waals surface area (Å²) in [5, 5.41) is 0. The van der Waals surface area contributed by atoms with Gasteiger partial charge in [-0.25, -0.2) is 0 Å². The van der Waals surface area contributed by atoms with Crippen molar-refractivity contribution in [3.05, 3.63) is 0 Å². The average molecular weight is 142 g/mol. The highest BCUT2D eigenvalue weighted by molar-refractivity contribution is 5.57. The molecule has 0 aliphatic carbocycles. The van der Waals surface area contributed by atoms with Crippen LogP contribution in [0.1, 0.15) is 6.42 Å². The lowest BCUT2D eigenvalue weighted by Crippen LogP contribution is -2.33. The summed E-state index contributed by atoms with van der Waals surface area (Å²) in [6.07, 6.45) is 1.92. The molecule has 1 aliphatic rings. The van der Waals surface area contributed by atoms with E-state index >= 15 is 0 Å². The zero-order valence-electron chi connectivity index (χ0n) is 6.29. The van der Waals surface area contributed by atoms with Crippen molar-refractivity contribution in [1.82, 2.24) is 4.90 Å². The lowest BCUT2D eigenvalue weighted by molar-refractivity contribution is -0.109. The Hall–Kier alpha value is -0.410. The second-order valence-corrected chi connectivity index (χ2v) is 3.02. The van der Waals surface area contributed by atoms with E-state index in [1.165, 1.54) is 0 Å². The number of carbonyl (C=O) groups is 1. The number of rotatable bonds is 2. The van der Waals surface area contributed by atoms with Crippen molar-refractivity contribution in [2.24, 2.45) is 11.7 Å². The Bertz CT molecular complexity index is 127. The zero-order valence-corrected chi connectivity index (χ0v) is 6.29. The minimum absolute atomic E-state index is 0.245. The molecule has 0 aromatic carbocycles. The van der Waals surface area contributed by atoms with Crippen LogP contribution in [0.3, 0.4) is 0 Å². The lowest BCUT2D eigenvalue weighted by atomic mass is 10.0. The maximum absolute atomic E-state index is 10.3. The number of likely N-dealkylation sites (tertiary alicyclic amines) is 1. The second kappa shape index (κ2) is 3.12. The summed E-state index contributed by atoms with van der Waals surface area (Å²) >= 11 is 0. The van der Waals surface area contributed by atoms with Crippen molar-refractivity contribution >= 4 is 6.29 Å². The largest absolute Gasteiger partial charge is 0.321 e. The minimum atomic E-state index is -0.245. The maximum Gasteiger partial charge on any atom is 0.137 e. The third-order valence-electron chi connectivity index (χ3n) is 2.13. The van der Waals surface area contributed by atoms with E-state index in [-0.39, 0.29) is 6.04 Å². The number of nitrogens with two attached hydrogens (primary N) is 1. The molecule has 0 amide bonds. The van der Waals surface area contributed by atoms with Crippen LogP contribution in [0.5, 0.6) is 0 Å². The van der Waals surface area contributed by atoms with Crippen LogP contribution in [0.25, 0.3) is 0 Å². The Morgan fingerprint density at radius 1 is 1.80 bits per heavy atom. The highest BCUT2D eigenvalue weighted by Crippen LogP contribution is 2.15. The molecule has 1 aliphatic heterocycles. The molecule has 0 bridgehead atoms. The predicted octanol–water partition coefficient (Wildman–Crippen LogP) is -0.536. The van der Waals surface area contributed by atoms with E-state index in [0.717, 1.165) is 25.8 Å². The van der Waals surface area contributed by atoms with Crippen molar-refractivity contribution in [2.75, 3.05) is 20.1 Å². The molecule has 1 saturated heterocycles. The van der Waals surface area contributed by atoms with E-state index in [0.29, 0.717) is 5.92 Å². The first-order valence-electron chi connectivity index (χ1n) is 3.63. The molecular weight excluding hydrogens is 128 g/mol. The van der Waals surface area contributed by atoms with Crippen molar-refractivity contribution < 1.29 is 4.79 Å². The Morgan fingerprint density at radius 2 is 2.50 bits per heavy atom. The summed E-state index contributed by atoms with van der Waals surface area (Å²) in [5.74, 6) is 0.391. The summed E-state index contributed by atoms with van der Waals surface area (Å²) in [6.45, 7) is 2.05. The van der Waals surface area contributed by atoms with Gasteiger partial charge in [0.05, 0.1) is 6.04 Å². The van der Waals surface area contributed by atoms with Crippen molar-refractivity contribution in [2.45, 2.75) is 12.5 Å². The lowest BCUT2D eigenvalue weighted by Gasteiger charge is -2.12. The normalized spacial score (nSPS) is 30.4. The number of hydrogen-bond donors (Lipinski definition) is 1. The average Bonchev–Trinajstić information content (AvgIpc) is 2.34. The molecule has 3 nitrogen and oxygen atoms in total. The first-order chi connectivity index (χ1) is 4.74. The third kappa shape index (κ3) is 1.55. The fourth-order valence-corrected chi connectivity index (χ4v) is 1.39. The monoisotopic (exact) mass is 142 g/mol. The van der Waals surface area contributed by atoms with Gasteiger partial charge in [-0.15, -0.1) is 0 Å². The fraction of sp³-hybridized carbons (Fsp3) is 0.857. The molecule has 0 aromatic heterocycles. The molecule has 3 heteroatoms. The van der Waals surface area contributed by atoms with Crippen LogP contribution >= 0.6 is 0 Å². The van der Waals surface area contributed by atoms with Gasteiger partial charge in [0, 0.05) is 6.54 Å². The Labute approximate surface area is 61.2 Å². The van der Waals surface area contributed by atoms with Gasteiger partial charge < -0.3 is 15.4 Å². The molecule has 2 unspecified atom stereocenters. The molecule has 1 rings (SSSR count). The van der Waals surface area contributed by atoms with E-state index in [9.17, 15) is 4.79 Å². The number of nitrogens with zero attached hydrogens (tertiary/aromatic N) is 1. The van der Waals surface area contributed by atoms with Crippen LogP contribution in [0, 0.1) is 5.92 Å². The SMILES string of the molecule is CN1CCC(C(N)C=O)C1. The molecule has 0 radical (unpaired) electrons. The Morgan fingerprint density at radius 3 is 2.90 bits per heavy atom. The van der Waals surface area contributed by atoms with Crippen LogP contribution in [-0.2, 0) is 4.79 Å². The standard InChI is InChI=1S/C7H14N2O/c1-9-3-2-6(4-9)7(8)5-10/h5-7H,2-4,8H2,1H3. The molecule has 1 fully saturated rings. The van der Waals surface area contributed by atoms with E-state index in [1.54, 1.807) is 0 Å². The smallest absolute Gasteiger partial charge is 0.137 e. The summed E-state index contributed by atoms with van der Waals surface area (Å²) < 4.78 is 0. The molecule has 0 saturated carbocycles. The molecule has 10 heavy (non-hydrogen) atoms. The van der Waals surface area contributed by atoms with Crippen LogP contribution in [0.15, 0.2) is 0 Å². The number of hydrogen-bond acceptors (Lipinski definition) is 3. The van der Waals surface area contributed by atoms with Gasteiger partial charge in [-0.3, -0.25) is 0 Å². The molecular formula is C7H14N2O. The van der Waals surface area contributed by atoms with Gasteiger partial charge in [0.1, 0.15) is 6.29 Å². The molecule has 1 heterocycles. The topological polar surface area (TPSA) is 46.3 Å². The van der Waals surface area contributed by atoms with Crippen LogP contribution in [-0.4, -0.2) is 37.4 Å². The summed E-state index contributed by atoms with van der Waals surface area (Å²) in [6, 6.07) is -0.245. The van der Waals surface area contributed by atoms with Crippen molar-refractivity contribution in [3.63, 3.8) is 0 Å². The molecule has 0 aromatic rings. The van der Waals surface area contributed by atoms with E-state index in [1.807, 2.05) is 0 Å². The Balaban J connectivity index is 2.36. The van der Waals surface area contributed by atoms with Crippen LogP contribution < -0.4 is 5.73 Å². The van der Waals surface area contributed by atoms with Gasteiger partial charge in [-0.05, 0) is 25.9 Å². The Kier molecular flexibility index (Phi) is 2.40. The van der Waals surface area contributed by atoms with Gasteiger partial charge in [-0.1, -0.05) is 0 Å². The number of aldehydes is 1. The second-order valence-electron chi connectivity index (χ2n) is 3.02. The van der Waals surface area contributed by atoms with E-state index in [2.05, 4.69) is 11.9 Å². The predicted molar refractivity (Wildman–Crippen MR) is 39.6 cm³/mol. The van der Waals surface area contributed by atoms with Gasteiger partial charge in [0.25, 0.3) is 0 Å². The van der Waals surface area contributed by atoms with Crippen molar-refractivity contribution in [1.29, 1.82) is 0 Å². The number of carbonyl (C=O) groups excluding carboxylic acids is 1. The zero-order chi connectivity index (χ0) is 7.56. The van der Waals surface area contributed by atoms with Gasteiger partial charge in [0.2, 0.25) is 0 Å².